The van der Waals surface area contributed by atoms with E-state index in [1.807, 2.05) is 19.1 Å². The third-order valence-corrected chi connectivity index (χ3v) is 3.81. The van der Waals surface area contributed by atoms with E-state index in [0.29, 0.717) is 6.42 Å². The van der Waals surface area contributed by atoms with E-state index in [1.165, 1.54) is 0 Å². The number of hydrogen-bond acceptors (Lipinski definition) is 2. The molecule has 0 amide bonds. The Kier molecular flexibility index (Phi) is 1.88. The average Bonchev–Trinajstić information content (AvgIpc) is 2.64. The van der Waals surface area contributed by atoms with E-state index in [0.717, 1.165) is 29.7 Å². The minimum atomic E-state index is -1.39. The second kappa shape index (κ2) is 3.06. The highest BCUT2D eigenvalue weighted by Crippen LogP contribution is 2.51. The molecule has 0 aromatic heterocycles. The predicted octanol–water partition coefficient (Wildman–Crippen LogP) is 2.97. The van der Waals surface area contributed by atoms with E-state index in [4.69, 9.17) is 5.73 Å². The molecule has 2 unspecified atom stereocenters. The third kappa shape index (κ3) is 1.14. The molecule has 0 saturated heterocycles. The van der Waals surface area contributed by atoms with Crippen LogP contribution in [0.15, 0.2) is 23.2 Å². The molecule has 1 saturated carbocycles. The van der Waals surface area contributed by atoms with Crippen LogP contribution in [-0.2, 0) is 0 Å². The van der Waals surface area contributed by atoms with E-state index in [-0.39, 0.29) is 11.8 Å². The summed E-state index contributed by atoms with van der Waals surface area (Å²) in [5.41, 5.74) is 7.44. The first-order valence-corrected chi connectivity index (χ1v) is 5.75. The SMILES string of the molecule is Cc1ccc2c(c1)C1CCCC1(F)C(N)=N2. The van der Waals surface area contributed by atoms with Gasteiger partial charge in [0, 0.05) is 5.92 Å². The molecule has 2 atom stereocenters. The van der Waals surface area contributed by atoms with Gasteiger partial charge in [-0.1, -0.05) is 17.7 Å². The number of rotatable bonds is 0. The fourth-order valence-corrected chi connectivity index (χ4v) is 2.95. The predicted molar refractivity (Wildman–Crippen MR) is 62.9 cm³/mol. The van der Waals surface area contributed by atoms with Gasteiger partial charge in [0.1, 0.15) is 5.84 Å². The molecule has 16 heavy (non-hydrogen) atoms. The summed E-state index contributed by atoms with van der Waals surface area (Å²) in [5.74, 6) is 0.0891. The van der Waals surface area contributed by atoms with Crippen LogP contribution in [-0.4, -0.2) is 11.5 Å². The first kappa shape index (κ1) is 9.82. The first-order valence-electron chi connectivity index (χ1n) is 5.75. The molecule has 3 heteroatoms. The summed E-state index contributed by atoms with van der Waals surface area (Å²) >= 11 is 0. The van der Waals surface area contributed by atoms with Crippen molar-refractivity contribution in [3.8, 4) is 0 Å². The van der Waals surface area contributed by atoms with Crippen LogP contribution < -0.4 is 5.73 Å². The Bertz CT molecular complexity index is 481. The molecule has 2 nitrogen and oxygen atoms in total. The van der Waals surface area contributed by atoms with Gasteiger partial charge in [0.2, 0.25) is 0 Å². The molecular formula is C13H15FN2. The van der Waals surface area contributed by atoms with Gasteiger partial charge < -0.3 is 5.73 Å². The minimum absolute atomic E-state index is 0.0834. The van der Waals surface area contributed by atoms with Crippen molar-refractivity contribution >= 4 is 11.5 Å². The third-order valence-electron chi connectivity index (χ3n) is 3.81. The van der Waals surface area contributed by atoms with Gasteiger partial charge in [-0.25, -0.2) is 9.38 Å². The van der Waals surface area contributed by atoms with Gasteiger partial charge in [0.25, 0.3) is 0 Å². The van der Waals surface area contributed by atoms with Crippen molar-refractivity contribution in [3.63, 3.8) is 0 Å². The van der Waals surface area contributed by atoms with Crippen molar-refractivity contribution in [1.82, 2.24) is 0 Å². The van der Waals surface area contributed by atoms with Crippen LogP contribution in [0.5, 0.6) is 0 Å². The van der Waals surface area contributed by atoms with Gasteiger partial charge in [-0.15, -0.1) is 0 Å². The summed E-state index contributed by atoms with van der Waals surface area (Å²) in [4.78, 5) is 4.22. The lowest BCUT2D eigenvalue weighted by Crippen LogP contribution is -2.43. The molecule has 84 valence electrons. The quantitative estimate of drug-likeness (QED) is 0.714. The molecular weight excluding hydrogens is 203 g/mol. The van der Waals surface area contributed by atoms with E-state index >= 15 is 0 Å². The van der Waals surface area contributed by atoms with Crippen molar-refractivity contribution in [3.05, 3.63) is 29.3 Å². The zero-order valence-corrected chi connectivity index (χ0v) is 9.33. The summed E-state index contributed by atoms with van der Waals surface area (Å²) in [6.45, 7) is 2.02. The summed E-state index contributed by atoms with van der Waals surface area (Å²) in [6.07, 6.45) is 2.29. The second-order valence-corrected chi connectivity index (χ2v) is 4.87. The van der Waals surface area contributed by atoms with E-state index in [1.54, 1.807) is 0 Å². The molecule has 1 aliphatic carbocycles. The summed E-state index contributed by atoms with van der Waals surface area (Å²) in [6, 6.07) is 5.99. The standard InChI is InChI=1S/C13H15FN2/c1-8-4-5-11-9(7-8)10-3-2-6-13(10,14)12(15)16-11/h4-5,7,10H,2-3,6H2,1H3,(H2,15,16). The number of hydrogen-bond donors (Lipinski definition) is 1. The number of alkyl halides is 1. The highest BCUT2D eigenvalue weighted by molar-refractivity contribution is 5.95. The molecule has 0 bridgehead atoms. The molecule has 2 aliphatic rings. The maximum absolute atomic E-state index is 14.7. The van der Waals surface area contributed by atoms with Crippen LogP contribution in [0.3, 0.4) is 0 Å². The fraction of sp³-hybridized carbons (Fsp3) is 0.462. The van der Waals surface area contributed by atoms with E-state index < -0.39 is 5.67 Å². The highest BCUT2D eigenvalue weighted by Gasteiger charge is 2.50. The molecule has 1 aromatic carbocycles. The second-order valence-electron chi connectivity index (χ2n) is 4.87. The number of amidine groups is 1. The number of nitrogens with zero attached hydrogens (tertiary/aromatic N) is 1. The van der Waals surface area contributed by atoms with E-state index in [2.05, 4.69) is 11.1 Å². The molecule has 1 fully saturated rings. The minimum Gasteiger partial charge on any atom is -0.384 e. The smallest absolute Gasteiger partial charge is 0.174 e. The molecule has 1 heterocycles. The lowest BCUT2D eigenvalue weighted by Gasteiger charge is -2.32. The van der Waals surface area contributed by atoms with Crippen LogP contribution in [0.2, 0.25) is 0 Å². The van der Waals surface area contributed by atoms with Gasteiger partial charge in [0.05, 0.1) is 5.69 Å². The van der Waals surface area contributed by atoms with Crippen molar-refractivity contribution in [2.75, 3.05) is 0 Å². The number of nitrogens with two attached hydrogens (primary N) is 1. The molecule has 0 radical (unpaired) electrons. The summed E-state index contributed by atoms with van der Waals surface area (Å²) in [5, 5.41) is 0. The van der Waals surface area contributed by atoms with Crippen LogP contribution >= 0.6 is 0 Å². The van der Waals surface area contributed by atoms with Crippen molar-refractivity contribution < 1.29 is 4.39 Å². The maximum Gasteiger partial charge on any atom is 0.174 e. The van der Waals surface area contributed by atoms with Gasteiger partial charge in [-0.05, 0) is 37.8 Å². The largest absolute Gasteiger partial charge is 0.384 e. The highest BCUT2D eigenvalue weighted by atomic mass is 19.1. The Morgan fingerprint density at radius 1 is 1.50 bits per heavy atom. The van der Waals surface area contributed by atoms with Crippen LogP contribution in [0, 0.1) is 6.92 Å². The van der Waals surface area contributed by atoms with E-state index in [9.17, 15) is 4.39 Å². The van der Waals surface area contributed by atoms with Crippen molar-refractivity contribution in [1.29, 1.82) is 0 Å². The first-order chi connectivity index (χ1) is 7.61. The Balaban J connectivity index is 2.22. The Labute approximate surface area is 94.4 Å². The average molecular weight is 218 g/mol. The summed E-state index contributed by atoms with van der Waals surface area (Å²) < 4.78 is 14.7. The number of aryl methyl sites for hydroxylation is 1. The fourth-order valence-electron chi connectivity index (χ4n) is 2.95. The van der Waals surface area contributed by atoms with Gasteiger partial charge in [-0.2, -0.15) is 0 Å². The lowest BCUT2D eigenvalue weighted by molar-refractivity contribution is 0.232. The monoisotopic (exact) mass is 218 g/mol. The Hall–Kier alpha value is -1.38. The zero-order valence-electron chi connectivity index (χ0n) is 9.33. The van der Waals surface area contributed by atoms with Gasteiger partial charge in [0.15, 0.2) is 5.67 Å². The summed E-state index contributed by atoms with van der Waals surface area (Å²) in [7, 11) is 0. The number of benzene rings is 1. The van der Waals surface area contributed by atoms with Crippen LogP contribution in [0.1, 0.15) is 36.3 Å². The normalized spacial score (nSPS) is 31.9. The van der Waals surface area contributed by atoms with Crippen LogP contribution in [0.4, 0.5) is 10.1 Å². The lowest BCUT2D eigenvalue weighted by atomic mass is 9.82. The van der Waals surface area contributed by atoms with Gasteiger partial charge >= 0.3 is 0 Å². The Morgan fingerprint density at radius 2 is 2.31 bits per heavy atom. The molecule has 1 aliphatic heterocycles. The topological polar surface area (TPSA) is 38.4 Å². The molecule has 3 rings (SSSR count). The van der Waals surface area contributed by atoms with Crippen LogP contribution in [0.25, 0.3) is 0 Å². The zero-order chi connectivity index (χ0) is 11.3. The molecule has 1 aromatic rings. The number of halogens is 1. The number of fused-ring (bicyclic) bond motifs is 3. The maximum atomic E-state index is 14.7. The molecule has 0 spiro atoms. The Morgan fingerprint density at radius 3 is 3.12 bits per heavy atom. The van der Waals surface area contributed by atoms with Crippen molar-refractivity contribution in [2.24, 2.45) is 10.7 Å². The number of aliphatic imine (C=N–C) groups is 1. The van der Waals surface area contributed by atoms with Crippen molar-refractivity contribution in [2.45, 2.75) is 37.8 Å². The van der Waals surface area contributed by atoms with Gasteiger partial charge in [-0.3, -0.25) is 0 Å². The molecule has 2 N–H and O–H groups in total.